The number of hydrogen-bond donors (Lipinski definition) is 6. The molecule has 5 fully saturated rings. The molecule has 422 valence electrons. The zero-order valence-corrected chi connectivity index (χ0v) is 47.4. The molecule has 11 aliphatic rings. The van der Waals surface area contributed by atoms with Crippen LogP contribution in [0.1, 0.15) is 204 Å². The molecule has 10 bridgehead atoms. The number of nitrogens with zero attached hydrogens (tertiary/aromatic N) is 1. The van der Waals surface area contributed by atoms with Gasteiger partial charge in [0.25, 0.3) is 0 Å². The summed E-state index contributed by atoms with van der Waals surface area (Å²) in [5, 5.41) is 51.9. The first-order valence-corrected chi connectivity index (χ1v) is 31.4. The lowest BCUT2D eigenvalue weighted by atomic mass is 9.43. The number of ether oxygens (including phenoxy) is 2. The number of aliphatic imine (C=N–C) groups is 1. The van der Waals surface area contributed by atoms with Crippen molar-refractivity contribution in [3.05, 3.63) is 122 Å². The number of methoxy groups -OCH3 is 1. The van der Waals surface area contributed by atoms with Gasteiger partial charge in [-0.1, -0.05) is 79.7 Å². The van der Waals surface area contributed by atoms with E-state index in [-0.39, 0.29) is 96.4 Å². The number of aliphatic hydroxyl groups is 2. The van der Waals surface area contributed by atoms with Crippen LogP contribution in [0.3, 0.4) is 0 Å². The molecule has 14 rings (SSSR count). The van der Waals surface area contributed by atoms with E-state index >= 15 is 4.79 Å². The molecule has 10 aliphatic carbocycles. The normalized spacial score (nSPS) is 37.0. The summed E-state index contributed by atoms with van der Waals surface area (Å²) in [5.41, 5.74) is 18.1. The number of nitrogens with one attached hydrogen (secondary N) is 1. The van der Waals surface area contributed by atoms with Crippen molar-refractivity contribution in [1.82, 2.24) is 5.32 Å². The van der Waals surface area contributed by atoms with Gasteiger partial charge in [0.1, 0.15) is 5.75 Å². The lowest BCUT2D eigenvalue weighted by Gasteiger charge is -2.62. The number of guanidine groups is 1. The van der Waals surface area contributed by atoms with Crippen molar-refractivity contribution in [1.29, 1.82) is 0 Å². The first-order chi connectivity index (χ1) is 38.9. The average Bonchev–Trinajstić information content (AvgIpc) is 4.04. The predicted molar refractivity (Wildman–Crippen MR) is 312 cm³/mol. The second-order valence-corrected chi connectivity index (χ2v) is 27.4. The Hall–Kier alpha value is -5.34. The molecular weight excluding hydrogens is 995 g/mol. The number of hydrogen-bond acceptors (Lipinski definition) is 10. The van der Waals surface area contributed by atoms with E-state index in [0.29, 0.717) is 61.4 Å². The molecule has 5 saturated carbocycles. The number of nitrogens with two attached hydrogens (primary N) is 1. The van der Waals surface area contributed by atoms with Crippen molar-refractivity contribution < 1.29 is 34.7 Å². The maximum absolute atomic E-state index is 15.4. The molecule has 0 amide bonds. The standard InChI is InChI=1S/C70H85N3O7/c1-40-26-54-46-28-42(29-50(76)32-46)27-41-16-17-43-20-21-48-10-5-8-24-70(48,57(43)30-41)73-67(71)72-49-11-9-14-52-53(44-18-19-45-37-68(39-75)23-7-6-15-56(68)55(38-74)62(45)59(77)34-44)35-61(80-51-12-3-4-13-51)66(78)64(52)65-63-47(31-49)33-58(54)69(65,36-40)25-22-60(63)79-2/h7,16-17,23,28-30,32-33,35,40,44-45,47-49,51,54,56,60,63,65,74-76,78H,3-6,8,10-13,15,18-22,24-27,31,34,36-39H2,1-2H3,(H3,71,72,73). The summed E-state index contributed by atoms with van der Waals surface area (Å²) in [5.74, 6) is 9.23. The Morgan fingerprint density at radius 2 is 1.75 bits per heavy atom. The Balaban J connectivity index is 0.994. The summed E-state index contributed by atoms with van der Waals surface area (Å²) < 4.78 is 13.9. The number of phenols is 2. The molecule has 10 nitrogen and oxygen atoms in total. The van der Waals surface area contributed by atoms with Crippen molar-refractivity contribution in [3.8, 4) is 29.1 Å². The topological polar surface area (TPSA) is 167 Å². The lowest BCUT2D eigenvalue weighted by Crippen LogP contribution is -2.57. The van der Waals surface area contributed by atoms with Crippen molar-refractivity contribution in [2.75, 3.05) is 20.3 Å². The van der Waals surface area contributed by atoms with Gasteiger partial charge in [-0.05, 0) is 226 Å². The van der Waals surface area contributed by atoms with Crippen LogP contribution in [0.25, 0.3) is 0 Å². The molecule has 3 aromatic carbocycles. The highest BCUT2D eigenvalue weighted by Crippen LogP contribution is 2.70. The average molecular weight is 1080 g/mol. The van der Waals surface area contributed by atoms with Gasteiger partial charge in [0.05, 0.1) is 37.0 Å². The summed E-state index contributed by atoms with van der Waals surface area (Å²) in [6, 6.07) is 15.3. The van der Waals surface area contributed by atoms with Gasteiger partial charge in [0.2, 0.25) is 0 Å². The van der Waals surface area contributed by atoms with Crippen LogP contribution < -0.4 is 15.8 Å². The highest BCUT2D eigenvalue weighted by Gasteiger charge is 2.61. The van der Waals surface area contributed by atoms with Crippen molar-refractivity contribution in [3.63, 3.8) is 0 Å². The molecule has 14 unspecified atom stereocenters. The van der Waals surface area contributed by atoms with Gasteiger partial charge < -0.3 is 41.0 Å². The summed E-state index contributed by atoms with van der Waals surface area (Å²) in [4.78, 5) is 21.0. The number of carbonyl (C=O) groups excluding carboxylic acids is 1. The van der Waals surface area contributed by atoms with E-state index in [1.807, 2.05) is 19.2 Å². The van der Waals surface area contributed by atoms with Crippen LogP contribution in [-0.2, 0) is 27.9 Å². The fourth-order valence-corrected chi connectivity index (χ4v) is 20.0. The molecule has 0 aromatic heterocycles. The SMILES string of the molecule is COC1CCC23CC(C)CC4C2=CC2CC(CC#Cc5c(C6CCC7CC8(CO)C=CCCC8C(CO)=C7C(=O)C6)cc(OC6CCCC6)c(O)c5C3C21)N=C(N)NC12CCCCC1CCc1ccc(cc12)Cc1cc(O)cc4c1. The molecule has 3 aromatic rings. The number of aromatic hydroxyl groups is 2. The third-order valence-corrected chi connectivity index (χ3v) is 23.1. The van der Waals surface area contributed by atoms with E-state index in [1.54, 1.807) is 0 Å². The number of fused-ring (bicyclic) bond motifs is 8. The summed E-state index contributed by atoms with van der Waals surface area (Å²) >= 11 is 0. The molecule has 80 heavy (non-hydrogen) atoms. The van der Waals surface area contributed by atoms with Gasteiger partial charge in [0, 0.05) is 53.9 Å². The maximum atomic E-state index is 15.4. The maximum Gasteiger partial charge on any atom is 0.189 e. The third-order valence-electron chi connectivity index (χ3n) is 23.1. The van der Waals surface area contributed by atoms with E-state index < -0.39 is 10.8 Å². The Labute approximate surface area is 474 Å². The number of benzene rings is 3. The number of aliphatic hydroxyl groups excluding tert-OH is 2. The molecule has 0 radical (unpaired) electrons. The van der Waals surface area contributed by atoms with Crippen LogP contribution in [0.5, 0.6) is 17.2 Å². The van der Waals surface area contributed by atoms with Gasteiger partial charge >= 0.3 is 0 Å². The summed E-state index contributed by atoms with van der Waals surface area (Å²) in [6.45, 7) is 2.21. The van der Waals surface area contributed by atoms with Gasteiger partial charge in [0.15, 0.2) is 23.2 Å². The number of rotatable bonds is 6. The number of allylic oxidation sites excluding steroid dienone is 4. The zero-order chi connectivity index (χ0) is 54.7. The molecular formula is C70H85N3O7. The molecule has 7 N–H and O–H groups in total. The van der Waals surface area contributed by atoms with E-state index in [0.717, 1.165) is 142 Å². The van der Waals surface area contributed by atoms with E-state index in [2.05, 4.69) is 72.6 Å². The zero-order valence-electron chi connectivity index (χ0n) is 47.4. The highest BCUT2D eigenvalue weighted by molar-refractivity contribution is 5.98. The number of carbonyl (C=O) groups is 1. The second kappa shape index (κ2) is 20.5. The molecule has 2 spiro atoms. The minimum atomic E-state index is -0.494. The van der Waals surface area contributed by atoms with Crippen molar-refractivity contribution in [2.24, 2.45) is 57.1 Å². The van der Waals surface area contributed by atoms with E-state index in [1.165, 1.54) is 28.7 Å². The van der Waals surface area contributed by atoms with Gasteiger partial charge in [-0.2, -0.15) is 0 Å². The number of Topliss-reactive ketones (excluding diaryl/α,β-unsaturated/α-hetero) is 1. The largest absolute Gasteiger partial charge is 0.508 e. The van der Waals surface area contributed by atoms with Gasteiger partial charge in [-0.3, -0.25) is 4.79 Å². The fourth-order valence-electron chi connectivity index (χ4n) is 20.0. The van der Waals surface area contributed by atoms with Crippen molar-refractivity contribution in [2.45, 2.75) is 196 Å². The highest BCUT2D eigenvalue weighted by atomic mass is 16.5. The van der Waals surface area contributed by atoms with Crippen LogP contribution in [0.15, 0.2) is 82.4 Å². The monoisotopic (exact) mass is 1080 g/mol. The summed E-state index contributed by atoms with van der Waals surface area (Å²) in [7, 11) is 1.87. The number of phenolic OH excluding ortho intramolecular Hbond substituents is 2. The number of ketones is 1. The van der Waals surface area contributed by atoms with E-state index in [9.17, 15) is 20.4 Å². The summed E-state index contributed by atoms with van der Waals surface area (Å²) in [6.07, 6.45) is 27.0. The molecule has 14 atom stereocenters. The molecule has 1 aliphatic heterocycles. The van der Waals surface area contributed by atoms with Crippen LogP contribution in [0, 0.1) is 58.2 Å². The van der Waals surface area contributed by atoms with Crippen LogP contribution >= 0.6 is 0 Å². The smallest absolute Gasteiger partial charge is 0.189 e. The minimum Gasteiger partial charge on any atom is -0.508 e. The predicted octanol–water partition coefficient (Wildman–Crippen LogP) is 12.1. The second-order valence-electron chi connectivity index (χ2n) is 27.4. The van der Waals surface area contributed by atoms with Crippen molar-refractivity contribution >= 4 is 11.7 Å². The van der Waals surface area contributed by atoms with Crippen LogP contribution in [0.4, 0.5) is 0 Å². The first kappa shape index (κ1) is 52.7. The Bertz CT molecular complexity index is 3170. The molecule has 10 heteroatoms. The Morgan fingerprint density at radius 1 is 0.900 bits per heavy atom. The fraction of sp³-hybridized carbons (Fsp3) is 0.600. The van der Waals surface area contributed by atoms with Gasteiger partial charge in [-0.15, -0.1) is 0 Å². The quantitative estimate of drug-likeness (QED) is 0.104. The van der Waals surface area contributed by atoms with Crippen LogP contribution in [-0.4, -0.2) is 70.7 Å². The molecule has 0 saturated heterocycles. The Kier molecular flexibility index (Phi) is 13.5. The molecule has 1 heterocycles. The van der Waals surface area contributed by atoms with E-state index in [4.69, 9.17) is 20.2 Å². The first-order valence-electron chi connectivity index (χ1n) is 31.4. The van der Waals surface area contributed by atoms with Crippen LogP contribution in [0.2, 0.25) is 0 Å². The van der Waals surface area contributed by atoms with Gasteiger partial charge in [-0.25, -0.2) is 4.99 Å². The minimum absolute atomic E-state index is 0.0129. The lowest BCUT2D eigenvalue weighted by molar-refractivity contribution is -0.116. The number of aryl methyl sites for hydroxylation is 1. The third kappa shape index (κ3) is 8.57. The Morgan fingerprint density at radius 3 is 2.59 bits per heavy atom.